The Labute approximate surface area is 209 Å². The van der Waals surface area contributed by atoms with Crippen LogP contribution in [0, 0.1) is 5.92 Å². The number of hydrogen-bond acceptors (Lipinski definition) is 4. The maximum atomic E-state index is 10.8. The monoisotopic (exact) mass is 494 g/mol. The molecule has 4 rings (SSSR count). The first-order valence-electron chi connectivity index (χ1n) is 11.6. The lowest BCUT2D eigenvalue weighted by Crippen LogP contribution is -2.40. The molecule has 0 spiro atoms. The summed E-state index contributed by atoms with van der Waals surface area (Å²) in [7, 11) is 0. The van der Waals surface area contributed by atoms with Gasteiger partial charge in [0.15, 0.2) is 0 Å². The van der Waals surface area contributed by atoms with E-state index in [-0.39, 0.29) is 31.4 Å². The van der Waals surface area contributed by atoms with Gasteiger partial charge >= 0.3 is 5.97 Å². The zero-order valence-corrected chi connectivity index (χ0v) is 20.8. The molecule has 2 saturated carbocycles. The molecule has 33 heavy (non-hydrogen) atoms. The molecule has 2 aliphatic rings. The first-order chi connectivity index (χ1) is 15.1. The number of aromatic nitrogens is 2. The fourth-order valence-electron chi connectivity index (χ4n) is 4.78. The Kier molecular flexibility index (Phi) is 10.9. The van der Waals surface area contributed by atoms with Crippen molar-refractivity contribution in [1.82, 2.24) is 20.4 Å². The van der Waals surface area contributed by atoms with E-state index in [0.29, 0.717) is 24.0 Å². The van der Waals surface area contributed by atoms with Crippen LogP contribution in [0.3, 0.4) is 0 Å². The molecule has 1 aromatic carbocycles. The van der Waals surface area contributed by atoms with Crippen LogP contribution in [-0.2, 0) is 17.9 Å². The largest absolute Gasteiger partial charge is 0.480 e. The normalized spacial score (nSPS) is 24.5. The lowest BCUT2D eigenvalue weighted by atomic mass is 9.91. The third-order valence-electron chi connectivity index (χ3n) is 6.58. The van der Waals surface area contributed by atoms with Crippen molar-refractivity contribution in [2.75, 3.05) is 0 Å². The molecular weight excluding hydrogens is 459 g/mol. The highest BCUT2D eigenvalue weighted by Crippen LogP contribution is 2.40. The Morgan fingerprint density at radius 2 is 1.85 bits per heavy atom. The van der Waals surface area contributed by atoms with Gasteiger partial charge in [0.05, 0.1) is 6.20 Å². The van der Waals surface area contributed by atoms with Crippen molar-refractivity contribution < 1.29 is 9.90 Å². The molecule has 182 valence electrons. The Morgan fingerprint density at radius 3 is 2.52 bits per heavy atom. The van der Waals surface area contributed by atoms with Crippen molar-refractivity contribution in [3.8, 4) is 0 Å². The van der Waals surface area contributed by atoms with Crippen molar-refractivity contribution in [2.45, 2.75) is 76.7 Å². The van der Waals surface area contributed by atoms with E-state index in [1.807, 2.05) is 6.20 Å². The number of hydrogen-bond donors (Lipinski definition) is 3. The highest BCUT2D eigenvalue weighted by atomic mass is 35.5. The number of carboxylic acid groups (broad SMARTS) is 1. The second-order valence-electron chi connectivity index (χ2n) is 8.97. The molecule has 6 nitrogen and oxygen atoms in total. The minimum Gasteiger partial charge on any atom is -0.480 e. The zero-order chi connectivity index (χ0) is 21.6. The van der Waals surface area contributed by atoms with E-state index in [4.69, 9.17) is 5.11 Å². The summed E-state index contributed by atoms with van der Waals surface area (Å²) in [4.78, 5) is 10.8. The second kappa shape index (κ2) is 13.1. The number of nitrogens with zero attached hydrogens (tertiary/aromatic N) is 2. The van der Waals surface area contributed by atoms with Gasteiger partial charge in [-0.25, -0.2) is 0 Å². The molecule has 1 aromatic heterocycles. The lowest BCUT2D eigenvalue weighted by Gasteiger charge is -2.30. The van der Waals surface area contributed by atoms with Crippen LogP contribution in [0.15, 0.2) is 48.3 Å². The number of benzene rings is 1. The van der Waals surface area contributed by atoms with Crippen LogP contribution >= 0.6 is 24.8 Å². The zero-order valence-electron chi connectivity index (χ0n) is 19.2. The summed E-state index contributed by atoms with van der Waals surface area (Å²) >= 11 is 0. The van der Waals surface area contributed by atoms with E-state index in [0.717, 1.165) is 18.5 Å². The minimum absolute atomic E-state index is 0. The van der Waals surface area contributed by atoms with Crippen LogP contribution < -0.4 is 10.6 Å². The molecule has 2 aromatic rings. The molecule has 0 radical (unpaired) electrons. The van der Waals surface area contributed by atoms with Gasteiger partial charge in [0.1, 0.15) is 6.54 Å². The van der Waals surface area contributed by atoms with E-state index in [1.165, 1.54) is 42.3 Å². The van der Waals surface area contributed by atoms with E-state index in [1.54, 1.807) is 11.8 Å². The predicted molar refractivity (Wildman–Crippen MR) is 137 cm³/mol. The topological polar surface area (TPSA) is 79.2 Å². The summed E-state index contributed by atoms with van der Waals surface area (Å²) in [5.41, 5.74) is 3.92. The van der Waals surface area contributed by atoms with Gasteiger partial charge in [-0.1, -0.05) is 48.9 Å². The van der Waals surface area contributed by atoms with E-state index < -0.39 is 5.97 Å². The molecule has 2 aliphatic carbocycles. The summed E-state index contributed by atoms with van der Waals surface area (Å²) in [5.74, 6) is -0.170. The maximum absolute atomic E-state index is 10.8. The van der Waals surface area contributed by atoms with E-state index in [9.17, 15) is 4.79 Å². The van der Waals surface area contributed by atoms with Crippen LogP contribution in [0.25, 0.3) is 6.08 Å². The highest BCUT2D eigenvalue weighted by Gasteiger charge is 2.40. The highest BCUT2D eigenvalue weighted by molar-refractivity contribution is 5.85. The quantitative estimate of drug-likeness (QED) is 0.446. The first kappa shape index (κ1) is 27.4. The second-order valence-corrected chi connectivity index (χ2v) is 8.97. The van der Waals surface area contributed by atoms with Gasteiger partial charge in [-0.15, -0.1) is 24.8 Å². The number of carboxylic acids is 1. The molecule has 1 heterocycles. The molecule has 8 heteroatoms. The predicted octanol–water partition coefficient (Wildman–Crippen LogP) is 4.68. The molecule has 2 fully saturated rings. The molecular formula is C25H36Cl2N4O2. The van der Waals surface area contributed by atoms with Crippen molar-refractivity contribution in [3.05, 3.63) is 59.4 Å². The first-order valence-corrected chi connectivity index (χ1v) is 11.6. The molecule has 0 aliphatic heterocycles. The van der Waals surface area contributed by atoms with Crippen molar-refractivity contribution >= 4 is 36.9 Å². The van der Waals surface area contributed by atoms with Crippen LogP contribution in [0.2, 0.25) is 0 Å². The van der Waals surface area contributed by atoms with Crippen molar-refractivity contribution in [2.24, 2.45) is 5.92 Å². The average molecular weight is 495 g/mol. The van der Waals surface area contributed by atoms with Gasteiger partial charge in [-0.3, -0.25) is 9.48 Å². The SMILES string of the molecule is CCC(=Cc1ccccc1)C1CC1NC1CCC(NCc2cnn(CC(=O)O)c2)CC1.Cl.Cl. The molecule has 2 unspecified atom stereocenters. The van der Waals surface area contributed by atoms with Crippen LogP contribution in [0.5, 0.6) is 0 Å². The maximum Gasteiger partial charge on any atom is 0.325 e. The van der Waals surface area contributed by atoms with E-state index >= 15 is 0 Å². The fourth-order valence-corrected chi connectivity index (χ4v) is 4.78. The van der Waals surface area contributed by atoms with Gasteiger partial charge in [-0.05, 0) is 50.0 Å². The molecule has 0 amide bonds. The number of carbonyl (C=O) groups is 1. The third-order valence-corrected chi connectivity index (χ3v) is 6.58. The standard InChI is InChI=1S/C25H34N4O2.2ClH/c1-2-20(12-18-6-4-3-5-7-18)23-13-24(23)28-22-10-8-21(9-11-22)26-14-19-15-27-29(16-19)17-25(30)31;;/h3-7,12,15-16,21-24,26,28H,2,8-11,13-14,17H2,1H3,(H,30,31);2*1H. The lowest BCUT2D eigenvalue weighted by molar-refractivity contribution is -0.137. The Morgan fingerprint density at radius 1 is 1.15 bits per heavy atom. The summed E-state index contributed by atoms with van der Waals surface area (Å²) < 4.78 is 1.48. The number of rotatable bonds is 10. The number of nitrogens with one attached hydrogen (secondary N) is 2. The van der Waals surface area contributed by atoms with Crippen LogP contribution in [0.4, 0.5) is 0 Å². The fraction of sp³-hybridized carbons (Fsp3) is 0.520. The Hall–Kier alpha value is -1.86. The average Bonchev–Trinajstić information content (AvgIpc) is 3.39. The molecule has 0 bridgehead atoms. The summed E-state index contributed by atoms with van der Waals surface area (Å²) in [6, 6.07) is 12.5. The molecule has 0 saturated heterocycles. The van der Waals surface area contributed by atoms with Gasteiger partial charge < -0.3 is 15.7 Å². The number of halogens is 2. The van der Waals surface area contributed by atoms with Crippen molar-refractivity contribution in [1.29, 1.82) is 0 Å². The van der Waals surface area contributed by atoms with Crippen LogP contribution in [-0.4, -0.2) is 39.0 Å². The summed E-state index contributed by atoms with van der Waals surface area (Å²) in [6.07, 6.45) is 13.1. The van der Waals surface area contributed by atoms with Gasteiger partial charge in [0, 0.05) is 36.4 Å². The van der Waals surface area contributed by atoms with Gasteiger partial charge in [0.2, 0.25) is 0 Å². The Bertz CT molecular complexity index is 895. The summed E-state index contributed by atoms with van der Waals surface area (Å²) in [5, 5.41) is 20.5. The van der Waals surface area contributed by atoms with E-state index in [2.05, 4.69) is 59.1 Å². The smallest absolute Gasteiger partial charge is 0.325 e. The van der Waals surface area contributed by atoms with Crippen molar-refractivity contribution in [3.63, 3.8) is 0 Å². The van der Waals surface area contributed by atoms with Gasteiger partial charge in [-0.2, -0.15) is 5.10 Å². The Balaban J connectivity index is 0.00000193. The minimum atomic E-state index is -0.868. The summed E-state index contributed by atoms with van der Waals surface area (Å²) in [6.45, 7) is 2.93. The molecule has 2 atom stereocenters. The van der Waals surface area contributed by atoms with Crippen LogP contribution in [0.1, 0.15) is 56.6 Å². The third kappa shape index (κ3) is 8.14. The number of aliphatic carboxylic acids is 1. The van der Waals surface area contributed by atoms with Gasteiger partial charge in [0.25, 0.3) is 0 Å². The molecule has 3 N–H and O–H groups in total.